The van der Waals surface area contributed by atoms with Crippen molar-refractivity contribution in [2.45, 2.75) is 5.41 Å². The average Bonchev–Trinajstić information content (AvgIpc) is 2.94. The summed E-state index contributed by atoms with van der Waals surface area (Å²) in [5.74, 6) is 0.511. The second kappa shape index (κ2) is 6.18. The molecule has 4 rings (SSSR count). The minimum atomic E-state index is -1.18. The van der Waals surface area contributed by atoms with Gasteiger partial charge in [-0.25, -0.2) is 4.79 Å². The molecule has 0 radical (unpaired) electrons. The van der Waals surface area contributed by atoms with E-state index in [0.29, 0.717) is 27.1 Å². The largest absolute Gasteiger partial charge is 0.507 e. The maximum Gasteiger partial charge on any atom is 0.331 e. The molecule has 1 aliphatic heterocycles. The van der Waals surface area contributed by atoms with E-state index in [9.17, 15) is 9.90 Å². The number of para-hydroxylation sites is 1. The second-order valence-corrected chi connectivity index (χ2v) is 6.86. The molecule has 4 nitrogen and oxygen atoms in total. The summed E-state index contributed by atoms with van der Waals surface area (Å²) in [5.41, 5.74) is 0.933. The molecule has 0 amide bonds. The van der Waals surface area contributed by atoms with E-state index in [-0.39, 0.29) is 5.75 Å². The van der Waals surface area contributed by atoms with E-state index < -0.39 is 11.4 Å². The summed E-state index contributed by atoms with van der Waals surface area (Å²) in [5, 5.41) is 10.0. The third kappa shape index (κ3) is 2.24. The molecule has 1 atom stereocenters. The van der Waals surface area contributed by atoms with Crippen molar-refractivity contribution in [3.8, 4) is 17.2 Å². The highest BCUT2D eigenvalue weighted by atomic mass is 79.9. The maximum atomic E-state index is 13.3. The molecule has 26 heavy (non-hydrogen) atoms. The molecule has 0 fully saturated rings. The number of carbonyl (C=O) groups is 1. The first-order valence-electron chi connectivity index (χ1n) is 8.03. The average molecular weight is 411 g/mol. The van der Waals surface area contributed by atoms with Crippen LogP contribution in [0.15, 0.2) is 71.2 Å². The molecule has 0 aliphatic carbocycles. The zero-order valence-electron chi connectivity index (χ0n) is 13.9. The van der Waals surface area contributed by atoms with Crippen molar-refractivity contribution in [3.63, 3.8) is 0 Å². The van der Waals surface area contributed by atoms with Crippen molar-refractivity contribution in [2.24, 2.45) is 0 Å². The Morgan fingerprint density at radius 2 is 1.69 bits per heavy atom. The summed E-state index contributed by atoms with van der Waals surface area (Å²) in [7, 11) is 1.57. The van der Waals surface area contributed by atoms with Gasteiger partial charge < -0.3 is 14.6 Å². The summed E-state index contributed by atoms with van der Waals surface area (Å²) < 4.78 is 11.6. The van der Waals surface area contributed by atoms with Crippen LogP contribution in [0, 0.1) is 0 Å². The molecular weight excluding hydrogens is 396 g/mol. The number of methoxy groups -OCH3 is 1. The number of aromatic hydroxyl groups is 1. The molecule has 0 aromatic heterocycles. The quantitative estimate of drug-likeness (QED) is 0.512. The Kier molecular flexibility index (Phi) is 3.96. The van der Waals surface area contributed by atoms with Gasteiger partial charge in [-0.2, -0.15) is 0 Å². The molecule has 1 aliphatic rings. The van der Waals surface area contributed by atoms with Crippen LogP contribution in [0.2, 0.25) is 0 Å². The van der Waals surface area contributed by atoms with Crippen LogP contribution in [0.25, 0.3) is 0 Å². The molecule has 0 saturated heterocycles. The molecule has 1 heterocycles. The number of hydrogen-bond acceptors (Lipinski definition) is 4. The van der Waals surface area contributed by atoms with Crippen molar-refractivity contribution in [1.29, 1.82) is 0 Å². The summed E-state index contributed by atoms with van der Waals surface area (Å²) in [6, 6.07) is 20.0. The van der Waals surface area contributed by atoms with E-state index in [0.717, 1.165) is 5.56 Å². The molecular formula is C21H15BrO4. The molecule has 0 saturated carbocycles. The fraction of sp³-hybridized carbons (Fsp3) is 0.0952. The molecule has 1 N–H and O–H groups in total. The first kappa shape index (κ1) is 16.7. The highest BCUT2D eigenvalue weighted by Crippen LogP contribution is 2.53. The molecule has 3 aromatic carbocycles. The molecule has 1 unspecified atom stereocenters. The zero-order chi connectivity index (χ0) is 18.3. The molecule has 3 aromatic rings. The lowest BCUT2D eigenvalue weighted by Gasteiger charge is -2.29. The number of fused-ring (bicyclic) bond motifs is 1. The number of hydrogen-bond donors (Lipinski definition) is 1. The third-order valence-electron chi connectivity index (χ3n) is 4.68. The second-order valence-electron chi connectivity index (χ2n) is 6.01. The molecule has 0 bridgehead atoms. The van der Waals surface area contributed by atoms with Crippen molar-refractivity contribution >= 4 is 21.9 Å². The number of ether oxygens (including phenoxy) is 2. The van der Waals surface area contributed by atoms with Crippen molar-refractivity contribution in [3.05, 3.63) is 87.9 Å². The minimum absolute atomic E-state index is 0.0143. The Hall–Kier alpha value is -2.79. The van der Waals surface area contributed by atoms with Crippen LogP contribution in [0.3, 0.4) is 0 Å². The third-order valence-corrected chi connectivity index (χ3v) is 5.31. The van der Waals surface area contributed by atoms with Crippen molar-refractivity contribution in [2.75, 3.05) is 7.11 Å². The normalized spacial score (nSPS) is 18.3. The lowest BCUT2D eigenvalue weighted by molar-refractivity contribution is -0.135. The van der Waals surface area contributed by atoms with Crippen LogP contribution in [0.5, 0.6) is 17.2 Å². The number of phenolic OH excluding ortho intramolecular Hbond substituents is 1. The summed E-state index contributed by atoms with van der Waals surface area (Å²) in [6.45, 7) is 0. The highest BCUT2D eigenvalue weighted by Gasteiger charge is 2.53. The minimum Gasteiger partial charge on any atom is -0.507 e. The van der Waals surface area contributed by atoms with Gasteiger partial charge in [0.15, 0.2) is 5.41 Å². The van der Waals surface area contributed by atoms with E-state index in [1.54, 1.807) is 13.2 Å². The lowest BCUT2D eigenvalue weighted by Crippen LogP contribution is -2.36. The summed E-state index contributed by atoms with van der Waals surface area (Å²) >= 11 is 3.35. The van der Waals surface area contributed by atoms with Gasteiger partial charge in [0.05, 0.1) is 11.6 Å². The van der Waals surface area contributed by atoms with E-state index in [1.807, 2.05) is 54.6 Å². The predicted octanol–water partition coefficient (Wildman–Crippen LogP) is 4.42. The van der Waals surface area contributed by atoms with Gasteiger partial charge in [-0.1, -0.05) is 48.5 Å². The monoisotopic (exact) mass is 410 g/mol. The van der Waals surface area contributed by atoms with Gasteiger partial charge in [0.25, 0.3) is 0 Å². The molecule has 0 spiro atoms. The predicted molar refractivity (Wildman–Crippen MR) is 101 cm³/mol. The fourth-order valence-electron chi connectivity index (χ4n) is 3.53. The lowest BCUT2D eigenvalue weighted by atomic mass is 9.70. The Morgan fingerprint density at radius 1 is 1.00 bits per heavy atom. The van der Waals surface area contributed by atoms with Crippen LogP contribution in [-0.2, 0) is 10.2 Å². The Bertz CT molecular complexity index is 1000. The highest BCUT2D eigenvalue weighted by molar-refractivity contribution is 9.10. The number of rotatable bonds is 3. The van der Waals surface area contributed by atoms with Crippen LogP contribution >= 0.6 is 15.9 Å². The van der Waals surface area contributed by atoms with Gasteiger partial charge in [0, 0.05) is 17.2 Å². The number of carbonyl (C=O) groups excluding carboxylic acids is 1. The van der Waals surface area contributed by atoms with Crippen LogP contribution in [0.4, 0.5) is 0 Å². The fourth-order valence-corrected chi connectivity index (χ4v) is 3.88. The molecule has 130 valence electrons. The van der Waals surface area contributed by atoms with Gasteiger partial charge in [-0.3, -0.25) is 0 Å². The van der Waals surface area contributed by atoms with Crippen LogP contribution in [-0.4, -0.2) is 18.2 Å². The van der Waals surface area contributed by atoms with E-state index >= 15 is 0 Å². The summed E-state index contributed by atoms with van der Waals surface area (Å²) in [4.78, 5) is 13.3. The van der Waals surface area contributed by atoms with Gasteiger partial charge in [-0.05, 0) is 33.6 Å². The number of phenols is 1. The van der Waals surface area contributed by atoms with E-state index in [4.69, 9.17) is 9.47 Å². The van der Waals surface area contributed by atoms with Gasteiger partial charge in [0.2, 0.25) is 0 Å². The van der Waals surface area contributed by atoms with E-state index in [2.05, 4.69) is 15.9 Å². The number of benzene rings is 3. The van der Waals surface area contributed by atoms with Crippen molar-refractivity contribution in [1.82, 2.24) is 0 Å². The first-order valence-corrected chi connectivity index (χ1v) is 8.82. The number of halogens is 1. The van der Waals surface area contributed by atoms with Gasteiger partial charge >= 0.3 is 5.97 Å². The molecule has 5 heteroatoms. The zero-order valence-corrected chi connectivity index (χ0v) is 15.5. The standard InChI is InChI=1S/C21H15BrO4/c1-25-18-10-6-5-9-14(18)21(13-7-3-2-4-8-13)15-11-16(22)17(23)12-19(15)26-20(21)24/h2-12,23H,1H3. The maximum absolute atomic E-state index is 13.3. The van der Waals surface area contributed by atoms with Crippen LogP contribution in [0.1, 0.15) is 16.7 Å². The topological polar surface area (TPSA) is 55.8 Å². The van der Waals surface area contributed by atoms with E-state index in [1.165, 1.54) is 6.07 Å². The summed E-state index contributed by atoms with van der Waals surface area (Å²) in [6.07, 6.45) is 0. The Balaban J connectivity index is 2.13. The van der Waals surface area contributed by atoms with Gasteiger partial charge in [-0.15, -0.1) is 0 Å². The first-order chi connectivity index (χ1) is 12.6. The Morgan fingerprint density at radius 3 is 2.42 bits per heavy atom. The van der Waals surface area contributed by atoms with Gasteiger partial charge in [0.1, 0.15) is 17.2 Å². The Labute approximate surface area is 159 Å². The van der Waals surface area contributed by atoms with Crippen molar-refractivity contribution < 1.29 is 19.4 Å². The smallest absolute Gasteiger partial charge is 0.331 e. The van der Waals surface area contributed by atoms with Crippen LogP contribution < -0.4 is 9.47 Å². The SMILES string of the molecule is COc1ccccc1C1(c2ccccc2)C(=O)Oc2cc(O)c(Br)cc21. The number of esters is 1.